The lowest BCUT2D eigenvalue weighted by Gasteiger charge is -2.26. The van der Waals surface area contributed by atoms with E-state index in [0.29, 0.717) is 0 Å². The van der Waals surface area contributed by atoms with E-state index in [1.807, 2.05) is 0 Å². The van der Waals surface area contributed by atoms with Crippen LogP contribution in [-0.2, 0) is 12.0 Å². The van der Waals surface area contributed by atoms with Gasteiger partial charge >= 0.3 is 0 Å². The fourth-order valence-corrected chi connectivity index (χ4v) is 3.52. The molecule has 1 heterocycles. The fraction of sp³-hybridized carbons (Fsp3) is 0.409. The van der Waals surface area contributed by atoms with Crippen LogP contribution in [-0.4, -0.2) is 35.4 Å². The Balaban J connectivity index is 1.99. The van der Waals surface area contributed by atoms with Crippen molar-refractivity contribution in [1.29, 1.82) is 0 Å². The molecule has 3 rings (SSSR count). The van der Waals surface area contributed by atoms with Crippen LogP contribution in [0.3, 0.4) is 0 Å². The van der Waals surface area contributed by atoms with E-state index in [1.165, 1.54) is 22.5 Å². The zero-order valence-corrected chi connectivity index (χ0v) is 15.4. The number of hydrogen-bond acceptors (Lipinski definition) is 1. The van der Waals surface area contributed by atoms with Crippen molar-refractivity contribution in [3.05, 3.63) is 71.3 Å². The third kappa shape index (κ3) is 3.24. The van der Waals surface area contributed by atoms with Crippen molar-refractivity contribution in [2.24, 2.45) is 0 Å². The van der Waals surface area contributed by atoms with Crippen molar-refractivity contribution < 1.29 is 4.58 Å². The highest BCUT2D eigenvalue weighted by Crippen LogP contribution is 2.31. The summed E-state index contributed by atoms with van der Waals surface area (Å²) in [6, 6.07) is 19.7. The van der Waals surface area contributed by atoms with Gasteiger partial charge in [-0.2, -0.15) is 0 Å². The SMILES string of the molecule is CCC(C)(C)c1ccccc1C1=[N+](C)CCN1Cc1ccccc1. The molecule has 126 valence electrons. The van der Waals surface area contributed by atoms with E-state index in [0.717, 1.165) is 26.1 Å². The Morgan fingerprint density at radius 2 is 1.67 bits per heavy atom. The van der Waals surface area contributed by atoms with Gasteiger partial charge in [0.15, 0.2) is 0 Å². The first-order chi connectivity index (χ1) is 11.5. The first kappa shape index (κ1) is 16.8. The molecule has 1 aliphatic rings. The summed E-state index contributed by atoms with van der Waals surface area (Å²) in [5.74, 6) is 1.37. The molecule has 0 aromatic heterocycles. The van der Waals surface area contributed by atoms with Crippen LogP contribution in [0.25, 0.3) is 0 Å². The molecule has 0 saturated heterocycles. The number of rotatable bonds is 5. The molecule has 0 atom stereocenters. The number of nitrogens with zero attached hydrogens (tertiary/aromatic N) is 2. The monoisotopic (exact) mass is 321 g/mol. The quantitative estimate of drug-likeness (QED) is 0.745. The largest absolute Gasteiger partial charge is 0.279 e. The number of hydrogen-bond donors (Lipinski definition) is 0. The van der Waals surface area contributed by atoms with Crippen LogP contribution in [0.15, 0.2) is 54.6 Å². The first-order valence-corrected chi connectivity index (χ1v) is 9.00. The lowest BCUT2D eigenvalue weighted by molar-refractivity contribution is -0.486. The van der Waals surface area contributed by atoms with Crippen LogP contribution in [0.2, 0.25) is 0 Å². The van der Waals surface area contributed by atoms with E-state index < -0.39 is 0 Å². The third-order valence-electron chi connectivity index (χ3n) is 5.36. The highest BCUT2D eigenvalue weighted by molar-refractivity contribution is 5.97. The van der Waals surface area contributed by atoms with Gasteiger partial charge in [0, 0.05) is 0 Å². The molecule has 0 aliphatic carbocycles. The van der Waals surface area contributed by atoms with Gasteiger partial charge in [0.25, 0.3) is 5.84 Å². The van der Waals surface area contributed by atoms with Crippen LogP contribution in [0, 0.1) is 0 Å². The second kappa shape index (κ2) is 6.80. The maximum Gasteiger partial charge on any atom is 0.279 e. The van der Waals surface area contributed by atoms with E-state index in [-0.39, 0.29) is 5.41 Å². The normalized spacial score (nSPS) is 15.2. The summed E-state index contributed by atoms with van der Waals surface area (Å²) in [5, 5.41) is 0. The van der Waals surface area contributed by atoms with Crippen molar-refractivity contribution in [1.82, 2.24) is 4.90 Å². The Hall–Kier alpha value is -2.09. The maximum absolute atomic E-state index is 2.53. The second-order valence-electron chi connectivity index (χ2n) is 7.44. The van der Waals surface area contributed by atoms with Gasteiger partial charge in [0.1, 0.15) is 19.6 Å². The van der Waals surface area contributed by atoms with Gasteiger partial charge in [-0.15, -0.1) is 0 Å². The summed E-state index contributed by atoms with van der Waals surface area (Å²) < 4.78 is 2.41. The fourth-order valence-electron chi connectivity index (χ4n) is 3.52. The molecular weight excluding hydrogens is 292 g/mol. The van der Waals surface area contributed by atoms with Gasteiger partial charge in [-0.25, -0.2) is 0 Å². The average molecular weight is 321 g/mol. The van der Waals surface area contributed by atoms with Crippen LogP contribution in [0.1, 0.15) is 43.9 Å². The molecule has 2 aromatic carbocycles. The van der Waals surface area contributed by atoms with Gasteiger partial charge in [-0.05, 0) is 29.0 Å². The summed E-state index contributed by atoms with van der Waals surface area (Å²) >= 11 is 0. The van der Waals surface area contributed by atoms with E-state index in [9.17, 15) is 0 Å². The molecule has 0 N–H and O–H groups in total. The number of amidine groups is 1. The standard InChI is InChI=1S/C22H29N2/c1-5-22(2,3)20-14-10-9-13-19(20)21-23(4)15-16-24(21)17-18-11-7-6-8-12-18/h6-14H,5,15-17H2,1-4H3/q+1. The minimum Gasteiger partial charge on any atom is -0.260 e. The highest BCUT2D eigenvalue weighted by atomic mass is 15.3. The maximum atomic E-state index is 2.53. The predicted molar refractivity (Wildman–Crippen MR) is 102 cm³/mol. The van der Waals surface area contributed by atoms with Gasteiger partial charge in [-0.3, -0.25) is 9.48 Å². The zero-order chi connectivity index (χ0) is 17.2. The van der Waals surface area contributed by atoms with Crippen LogP contribution >= 0.6 is 0 Å². The molecule has 2 aromatic rings. The lowest BCUT2D eigenvalue weighted by atomic mass is 9.79. The van der Waals surface area contributed by atoms with Crippen molar-refractivity contribution >= 4 is 5.84 Å². The van der Waals surface area contributed by atoms with Crippen LogP contribution in [0.4, 0.5) is 0 Å². The lowest BCUT2D eigenvalue weighted by Crippen LogP contribution is -2.32. The van der Waals surface area contributed by atoms with Crippen molar-refractivity contribution in [3.8, 4) is 0 Å². The molecular formula is C22H29N2+. The van der Waals surface area contributed by atoms with Crippen LogP contribution < -0.4 is 0 Å². The molecule has 2 nitrogen and oxygen atoms in total. The molecule has 0 radical (unpaired) electrons. The molecule has 0 amide bonds. The minimum atomic E-state index is 0.186. The molecule has 24 heavy (non-hydrogen) atoms. The smallest absolute Gasteiger partial charge is 0.260 e. The van der Waals surface area contributed by atoms with Crippen molar-refractivity contribution in [3.63, 3.8) is 0 Å². The van der Waals surface area contributed by atoms with Gasteiger partial charge < -0.3 is 0 Å². The summed E-state index contributed by atoms with van der Waals surface area (Å²) in [7, 11) is 2.22. The Kier molecular flexibility index (Phi) is 4.75. The number of likely N-dealkylation sites (N-methyl/N-ethyl adjacent to an activating group) is 1. The predicted octanol–water partition coefficient (Wildman–Crippen LogP) is 4.28. The van der Waals surface area contributed by atoms with E-state index >= 15 is 0 Å². The molecule has 1 aliphatic heterocycles. The Morgan fingerprint density at radius 3 is 2.38 bits per heavy atom. The number of benzene rings is 2. The van der Waals surface area contributed by atoms with Crippen molar-refractivity contribution in [2.75, 3.05) is 20.1 Å². The molecule has 2 heteroatoms. The van der Waals surface area contributed by atoms with Crippen LogP contribution in [0.5, 0.6) is 0 Å². The third-order valence-corrected chi connectivity index (χ3v) is 5.36. The highest BCUT2D eigenvalue weighted by Gasteiger charge is 2.34. The zero-order valence-electron chi connectivity index (χ0n) is 15.4. The Bertz CT molecular complexity index is 729. The molecule has 0 saturated carbocycles. The molecule has 0 bridgehead atoms. The molecule has 0 fully saturated rings. The minimum absolute atomic E-state index is 0.186. The second-order valence-corrected chi connectivity index (χ2v) is 7.44. The van der Waals surface area contributed by atoms with Crippen molar-refractivity contribution in [2.45, 2.75) is 39.2 Å². The summed E-state index contributed by atoms with van der Waals surface area (Å²) in [5.41, 5.74) is 4.40. The first-order valence-electron chi connectivity index (χ1n) is 9.00. The van der Waals surface area contributed by atoms with E-state index in [1.54, 1.807) is 0 Å². The Labute approximate surface area is 146 Å². The molecule has 0 spiro atoms. The van der Waals surface area contributed by atoms with Gasteiger partial charge in [0.05, 0.1) is 12.6 Å². The van der Waals surface area contributed by atoms with Gasteiger partial charge in [0.2, 0.25) is 0 Å². The van der Waals surface area contributed by atoms with E-state index in [4.69, 9.17) is 0 Å². The summed E-state index contributed by atoms with van der Waals surface area (Å²) in [4.78, 5) is 2.53. The topological polar surface area (TPSA) is 6.25 Å². The molecule has 0 unspecified atom stereocenters. The summed E-state index contributed by atoms with van der Waals surface area (Å²) in [6.07, 6.45) is 1.14. The average Bonchev–Trinajstić information content (AvgIpc) is 2.96. The van der Waals surface area contributed by atoms with Gasteiger partial charge in [-0.1, -0.05) is 69.3 Å². The van der Waals surface area contributed by atoms with E-state index in [2.05, 4.69) is 91.9 Å². The Morgan fingerprint density at radius 1 is 1.00 bits per heavy atom. The summed E-state index contributed by atoms with van der Waals surface area (Å²) in [6.45, 7) is 10.1.